The molecule has 0 heterocycles. The maximum Gasteiger partial charge on any atom is 0.416 e. The molecule has 0 unspecified atom stereocenters. The summed E-state index contributed by atoms with van der Waals surface area (Å²) in [6.45, 7) is 0.188. The van der Waals surface area contributed by atoms with Crippen molar-refractivity contribution >= 4 is 11.9 Å². The molecule has 0 aliphatic carbocycles. The van der Waals surface area contributed by atoms with Crippen molar-refractivity contribution in [3.8, 4) is 11.5 Å². The minimum Gasteiger partial charge on any atom is -0.493 e. The van der Waals surface area contributed by atoms with Gasteiger partial charge in [-0.1, -0.05) is 18.2 Å². The van der Waals surface area contributed by atoms with Gasteiger partial charge in [0.1, 0.15) is 12.4 Å². The SMILES string of the molecule is COc1cccc(C=NNc2ccc(C(F)(F)F)cc2)c1OCc1ccc(F)cc1. The summed E-state index contributed by atoms with van der Waals surface area (Å²) >= 11 is 0. The minimum absolute atomic E-state index is 0.188. The fourth-order valence-corrected chi connectivity index (χ4v) is 2.60. The number of anilines is 1. The van der Waals surface area contributed by atoms with Gasteiger partial charge in [-0.25, -0.2) is 4.39 Å². The lowest BCUT2D eigenvalue weighted by atomic mass is 10.2. The third kappa shape index (κ3) is 5.50. The van der Waals surface area contributed by atoms with Crippen LogP contribution in [0.3, 0.4) is 0 Å². The molecule has 0 aliphatic rings. The Morgan fingerprint density at radius 2 is 1.67 bits per heavy atom. The van der Waals surface area contributed by atoms with Gasteiger partial charge in [0.15, 0.2) is 11.5 Å². The summed E-state index contributed by atoms with van der Waals surface area (Å²) in [5.41, 5.74) is 3.71. The van der Waals surface area contributed by atoms with Crippen molar-refractivity contribution in [2.75, 3.05) is 12.5 Å². The van der Waals surface area contributed by atoms with Gasteiger partial charge in [0.25, 0.3) is 0 Å². The van der Waals surface area contributed by atoms with Gasteiger partial charge in [0.2, 0.25) is 0 Å². The molecule has 0 bridgehead atoms. The maximum atomic E-state index is 13.1. The van der Waals surface area contributed by atoms with Crippen molar-refractivity contribution in [3.63, 3.8) is 0 Å². The number of ether oxygens (including phenoxy) is 2. The first kappa shape index (κ1) is 21.2. The van der Waals surface area contributed by atoms with Crippen LogP contribution < -0.4 is 14.9 Å². The molecule has 3 rings (SSSR count). The van der Waals surface area contributed by atoms with Crippen molar-refractivity contribution in [2.45, 2.75) is 12.8 Å². The highest BCUT2D eigenvalue weighted by Crippen LogP contribution is 2.31. The molecule has 1 N–H and O–H groups in total. The lowest BCUT2D eigenvalue weighted by Gasteiger charge is -2.13. The third-order valence-corrected chi connectivity index (χ3v) is 4.14. The second kappa shape index (κ2) is 9.30. The normalized spacial score (nSPS) is 11.5. The number of hydrogen-bond acceptors (Lipinski definition) is 4. The highest BCUT2D eigenvalue weighted by Gasteiger charge is 2.29. The van der Waals surface area contributed by atoms with Crippen molar-refractivity contribution in [2.24, 2.45) is 5.10 Å². The van der Waals surface area contributed by atoms with Crippen LogP contribution in [0.5, 0.6) is 11.5 Å². The second-order valence-electron chi connectivity index (χ2n) is 6.24. The van der Waals surface area contributed by atoms with Crippen molar-refractivity contribution in [1.82, 2.24) is 0 Å². The molecule has 0 radical (unpaired) electrons. The lowest BCUT2D eigenvalue weighted by molar-refractivity contribution is -0.137. The Balaban J connectivity index is 1.72. The van der Waals surface area contributed by atoms with E-state index < -0.39 is 11.7 Å². The molecular formula is C22H18F4N2O2. The predicted molar refractivity (Wildman–Crippen MR) is 106 cm³/mol. The Morgan fingerprint density at radius 1 is 0.967 bits per heavy atom. The van der Waals surface area contributed by atoms with Crippen LogP contribution >= 0.6 is 0 Å². The standard InChI is InChI=1S/C22H18F4N2O2/c1-29-20-4-2-3-16(21(20)30-14-15-5-9-18(23)10-6-15)13-27-28-19-11-7-17(8-12-19)22(24,25)26/h2-13,28H,14H2,1H3. The number of halogens is 4. The zero-order valence-electron chi connectivity index (χ0n) is 15.9. The molecule has 3 aromatic rings. The van der Waals surface area contributed by atoms with Crippen LogP contribution in [0.1, 0.15) is 16.7 Å². The number of para-hydroxylation sites is 1. The van der Waals surface area contributed by atoms with Crippen LogP contribution in [0.2, 0.25) is 0 Å². The lowest BCUT2D eigenvalue weighted by Crippen LogP contribution is -2.04. The largest absolute Gasteiger partial charge is 0.493 e. The summed E-state index contributed by atoms with van der Waals surface area (Å²) in [6, 6.07) is 15.7. The molecule has 156 valence electrons. The summed E-state index contributed by atoms with van der Waals surface area (Å²) in [6.07, 6.45) is -2.92. The van der Waals surface area contributed by atoms with Crippen molar-refractivity contribution in [3.05, 3.63) is 89.2 Å². The summed E-state index contributed by atoms with van der Waals surface area (Å²) < 4.78 is 62.1. The first-order chi connectivity index (χ1) is 14.4. The number of hydrazone groups is 1. The average Bonchev–Trinajstić information content (AvgIpc) is 2.73. The molecule has 0 fully saturated rings. The van der Waals surface area contributed by atoms with E-state index in [0.717, 1.165) is 17.7 Å². The molecule has 0 aromatic heterocycles. The van der Waals surface area contributed by atoms with E-state index in [2.05, 4.69) is 10.5 Å². The number of methoxy groups -OCH3 is 1. The smallest absolute Gasteiger partial charge is 0.416 e. The van der Waals surface area contributed by atoms with Crippen LogP contribution in [-0.2, 0) is 12.8 Å². The number of rotatable bonds is 7. The van der Waals surface area contributed by atoms with E-state index >= 15 is 0 Å². The topological polar surface area (TPSA) is 42.8 Å². The van der Waals surface area contributed by atoms with Crippen molar-refractivity contribution < 1.29 is 27.0 Å². The predicted octanol–water partition coefficient (Wildman–Crippen LogP) is 5.88. The number of nitrogens with zero attached hydrogens (tertiary/aromatic N) is 1. The van der Waals surface area contributed by atoms with E-state index in [9.17, 15) is 17.6 Å². The fourth-order valence-electron chi connectivity index (χ4n) is 2.60. The Labute approximate surface area is 170 Å². The monoisotopic (exact) mass is 418 g/mol. The van der Waals surface area contributed by atoms with Gasteiger partial charge in [-0.15, -0.1) is 0 Å². The molecule has 0 amide bonds. The molecule has 8 heteroatoms. The molecule has 4 nitrogen and oxygen atoms in total. The number of hydrogen-bond donors (Lipinski definition) is 1. The van der Waals surface area contributed by atoms with E-state index in [0.29, 0.717) is 22.7 Å². The zero-order valence-corrected chi connectivity index (χ0v) is 15.9. The van der Waals surface area contributed by atoms with Crippen LogP contribution in [0, 0.1) is 5.82 Å². The van der Waals surface area contributed by atoms with Gasteiger partial charge in [0.05, 0.1) is 24.6 Å². The van der Waals surface area contributed by atoms with E-state index in [1.807, 2.05) is 0 Å². The zero-order chi connectivity index (χ0) is 21.6. The van der Waals surface area contributed by atoms with Gasteiger partial charge < -0.3 is 9.47 Å². The van der Waals surface area contributed by atoms with Gasteiger partial charge in [0, 0.05) is 5.56 Å². The van der Waals surface area contributed by atoms with Crippen LogP contribution in [0.25, 0.3) is 0 Å². The van der Waals surface area contributed by atoms with E-state index in [-0.39, 0.29) is 12.4 Å². The Kier molecular flexibility index (Phi) is 6.56. The highest BCUT2D eigenvalue weighted by atomic mass is 19.4. The molecule has 3 aromatic carbocycles. The second-order valence-corrected chi connectivity index (χ2v) is 6.24. The van der Waals surface area contributed by atoms with E-state index in [1.165, 1.54) is 37.6 Å². The highest BCUT2D eigenvalue weighted by molar-refractivity contribution is 5.85. The minimum atomic E-state index is -4.39. The molecule has 30 heavy (non-hydrogen) atoms. The molecule has 0 atom stereocenters. The number of alkyl halides is 3. The Morgan fingerprint density at radius 3 is 2.30 bits per heavy atom. The van der Waals surface area contributed by atoms with Gasteiger partial charge >= 0.3 is 6.18 Å². The maximum absolute atomic E-state index is 13.1. The summed E-state index contributed by atoms with van der Waals surface area (Å²) in [4.78, 5) is 0. The summed E-state index contributed by atoms with van der Waals surface area (Å²) in [5.74, 6) is 0.580. The average molecular weight is 418 g/mol. The van der Waals surface area contributed by atoms with E-state index in [4.69, 9.17) is 9.47 Å². The van der Waals surface area contributed by atoms with Gasteiger partial charge in [-0.2, -0.15) is 18.3 Å². The van der Waals surface area contributed by atoms with E-state index in [1.54, 1.807) is 30.3 Å². The number of nitrogens with one attached hydrogen (secondary N) is 1. The first-order valence-electron chi connectivity index (χ1n) is 8.87. The molecular weight excluding hydrogens is 400 g/mol. The van der Waals surface area contributed by atoms with Gasteiger partial charge in [-0.05, 0) is 54.1 Å². The van der Waals surface area contributed by atoms with Crippen LogP contribution in [-0.4, -0.2) is 13.3 Å². The fraction of sp³-hybridized carbons (Fsp3) is 0.136. The quantitative estimate of drug-likeness (QED) is 0.296. The Bertz CT molecular complexity index is 1000. The molecule has 0 saturated heterocycles. The molecule has 0 spiro atoms. The molecule has 0 saturated carbocycles. The summed E-state index contributed by atoms with van der Waals surface area (Å²) in [7, 11) is 1.50. The van der Waals surface area contributed by atoms with Crippen LogP contribution in [0.15, 0.2) is 71.8 Å². The first-order valence-corrected chi connectivity index (χ1v) is 8.87. The van der Waals surface area contributed by atoms with Crippen LogP contribution in [0.4, 0.5) is 23.2 Å². The molecule has 0 aliphatic heterocycles. The number of benzene rings is 3. The Hall–Kier alpha value is -3.55. The van der Waals surface area contributed by atoms with Gasteiger partial charge in [-0.3, -0.25) is 5.43 Å². The third-order valence-electron chi connectivity index (χ3n) is 4.14. The van der Waals surface area contributed by atoms with Crippen molar-refractivity contribution in [1.29, 1.82) is 0 Å². The summed E-state index contributed by atoms with van der Waals surface area (Å²) in [5, 5.41) is 4.06.